The fourth-order valence-corrected chi connectivity index (χ4v) is 2.82. The average molecular weight is 348 g/mol. The van der Waals surface area contributed by atoms with Crippen molar-refractivity contribution in [1.82, 2.24) is 15.6 Å². The molecule has 1 aromatic heterocycles. The molecule has 1 heterocycles. The monoisotopic (exact) mass is 348 g/mol. The predicted octanol–water partition coefficient (Wildman–Crippen LogP) is 2.91. The van der Waals surface area contributed by atoms with Gasteiger partial charge >= 0.3 is 0 Å². The van der Waals surface area contributed by atoms with Gasteiger partial charge < -0.3 is 10.6 Å². The third kappa shape index (κ3) is 5.11. The fraction of sp³-hybridized carbons (Fsp3) is 0.200. The van der Waals surface area contributed by atoms with Crippen molar-refractivity contribution < 1.29 is 4.92 Å². The number of nitro groups is 1. The van der Waals surface area contributed by atoms with E-state index in [2.05, 4.69) is 22.2 Å². The molecule has 0 unspecified atom stereocenters. The van der Waals surface area contributed by atoms with Crippen molar-refractivity contribution in [2.24, 2.45) is 0 Å². The summed E-state index contributed by atoms with van der Waals surface area (Å²) >= 11 is 6.67. The van der Waals surface area contributed by atoms with E-state index in [-0.39, 0.29) is 5.69 Å². The van der Waals surface area contributed by atoms with E-state index in [0.29, 0.717) is 18.2 Å². The maximum Gasteiger partial charge on any atom is 0.269 e. The van der Waals surface area contributed by atoms with Crippen molar-refractivity contribution in [2.45, 2.75) is 6.42 Å². The van der Waals surface area contributed by atoms with Crippen molar-refractivity contribution in [3.05, 3.63) is 57.4 Å². The molecule has 0 spiro atoms. The van der Waals surface area contributed by atoms with Gasteiger partial charge in [-0.3, -0.25) is 10.1 Å². The smallest absolute Gasteiger partial charge is 0.269 e. The quantitative estimate of drug-likeness (QED) is 0.347. The van der Waals surface area contributed by atoms with Gasteiger partial charge in [0.25, 0.3) is 5.69 Å². The number of non-ortho nitro benzene ring substituents is 1. The summed E-state index contributed by atoms with van der Waals surface area (Å²) in [5.41, 5.74) is 1.77. The van der Waals surface area contributed by atoms with Crippen LogP contribution in [0, 0.1) is 10.1 Å². The van der Waals surface area contributed by atoms with Crippen molar-refractivity contribution in [2.75, 3.05) is 13.1 Å². The van der Waals surface area contributed by atoms with Crippen LogP contribution in [-0.2, 0) is 6.42 Å². The zero-order valence-electron chi connectivity index (χ0n) is 12.3. The second-order valence-corrected chi connectivity index (χ2v) is 5.96. The number of thiocarbonyl (C=S) groups is 1. The highest BCUT2D eigenvalue weighted by atomic mass is 32.1. The zero-order valence-corrected chi connectivity index (χ0v) is 14.0. The summed E-state index contributed by atoms with van der Waals surface area (Å²) < 4.78 is 0. The molecule has 2 N–H and O–H groups in total. The Morgan fingerprint density at radius 2 is 2.13 bits per heavy atom. The van der Waals surface area contributed by atoms with Crippen molar-refractivity contribution in [1.29, 1.82) is 0 Å². The summed E-state index contributed by atoms with van der Waals surface area (Å²) in [6, 6.07) is 6.40. The summed E-state index contributed by atoms with van der Waals surface area (Å²) in [5, 5.41) is 20.3. The number of thiazole rings is 1. The summed E-state index contributed by atoms with van der Waals surface area (Å²) in [7, 11) is 0. The molecule has 0 fully saturated rings. The van der Waals surface area contributed by atoms with Crippen molar-refractivity contribution in [3.8, 4) is 11.3 Å². The summed E-state index contributed by atoms with van der Waals surface area (Å²) in [6.45, 7) is 4.93. The zero-order chi connectivity index (χ0) is 16.7. The summed E-state index contributed by atoms with van der Waals surface area (Å²) in [6.07, 6.45) is 2.50. The van der Waals surface area contributed by atoms with Crippen LogP contribution in [0.3, 0.4) is 0 Å². The van der Waals surface area contributed by atoms with Crippen LogP contribution < -0.4 is 10.6 Å². The second kappa shape index (κ2) is 8.35. The minimum atomic E-state index is -0.411. The molecule has 2 aromatic rings. The Labute approximate surface area is 143 Å². The maximum absolute atomic E-state index is 10.7. The van der Waals surface area contributed by atoms with E-state index in [4.69, 9.17) is 12.2 Å². The van der Waals surface area contributed by atoms with Crippen molar-refractivity contribution >= 4 is 34.4 Å². The van der Waals surface area contributed by atoms with Crippen LogP contribution in [0.25, 0.3) is 11.3 Å². The van der Waals surface area contributed by atoms with Gasteiger partial charge in [-0.25, -0.2) is 4.98 Å². The molecule has 2 rings (SSSR count). The summed E-state index contributed by atoms with van der Waals surface area (Å²) in [5.74, 6) is 0. The first-order valence-corrected chi connectivity index (χ1v) is 8.21. The van der Waals surface area contributed by atoms with Gasteiger partial charge in [-0.1, -0.05) is 6.08 Å². The maximum atomic E-state index is 10.7. The van der Waals surface area contributed by atoms with E-state index < -0.39 is 4.92 Å². The molecule has 0 atom stereocenters. The first kappa shape index (κ1) is 17.0. The van der Waals surface area contributed by atoms with E-state index in [0.717, 1.165) is 22.7 Å². The Balaban J connectivity index is 1.89. The van der Waals surface area contributed by atoms with E-state index in [1.807, 2.05) is 5.38 Å². The number of rotatable bonds is 7. The highest BCUT2D eigenvalue weighted by Crippen LogP contribution is 2.24. The minimum absolute atomic E-state index is 0.0777. The number of benzene rings is 1. The number of nitro benzene ring substituents is 1. The molecule has 0 saturated carbocycles. The molecule has 120 valence electrons. The Kier molecular flexibility index (Phi) is 6.19. The normalized spacial score (nSPS) is 10.1. The third-order valence-electron chi connectivity index (χ3n) is 2.96. The highest BCUT2D eigenvalue weighted by Gasteiger charge is 2.08. The van der Waals surface area contributed by atoms with E-state index in [1.165, 1.54) is 12.1 Å². The first-order chi connectivity index (χ1) is 11.1. The molecule has 0 radical (unpaired) electrons. The molecule has 0 amide bonds. The van der Waals surface area contributed by atoms with Crippen molar-refractivity contribution in [3.63, 3.8) is 0 Å². The molecular formula is C15H16N4O2S2. The van der Waals surface area contributed by atoms with Gasteiger partial charge in [0.15, 0.2) is 5.11 Å². The Morgan fingerprint density at radius 1 is 1.39 bits per heavy atom. The largest absolute Gasteiger partial charge is 0.362 e. The minimum Gasteiger partial charge on any atom is -0.362 e. The van der Waals surface area contributed by atoms with Gasteiger partial charge in [0.1, 0.15) is 0 Å². The van der Waals surface area contributed by atoms with E-state index in [1.54, 1.807) is 29.5 Å². The second-order valence-electron chi connectivity index (χ2n) is 4.61. The Morgan fingerprint density at radius 3 is 2.78 bits per heavy atom. The van der Waals surface area contributed by atoms with Gasteiger partial charge in [0.05, 0.1) is 15.6 Å². The molecule has 0 aliphatic rings. The predicted molar refractivity (Wildman–Crippen MR) is 96.7 cm³/mol. The third-order valence-corrected chi connectivity index (χ3v) is 4.15. The van der Waals surface area contributed by atoms with Crippen LogP contribution in [0.1, 0.15) is 5.01 Å². The van der Waals surface area contributed by atoms with E-state index in [9.17, 15) is 10.1 Å². The van der Waals surface area contributed by atoms with Crippen LogP contribution >= 0.6 is 23.6 Å². The molecule has 8 heteroatoms. The standard InChI is InChI=1S/C15H16N4O2S2/c1-2-8-16-15(22)17-9-7-14-18-13(10-23-14)11-3-5-12(6-4-11)19(20)21/h2-6,10H,1,7-9H2,(H2,16,17,22). The lowest BCUT2D eigenvalue weighted by Gasteiger charge is -2.07. The lowest BCUT2D eigenvalue weighted by atomic mass is 10.1. The van der Waals surface area contributed by atoms with Gasteiger partial charge in [0, 0.05) is 42.6 Å². The van der Waals surface area contributed by atoms with E-state index >= 15 is 0 Å². The number of nitrogens with zero attached hydrogens (tertiary/aromatic N) is 2. The van der Waals surface area contributed by atoms with Crippen LogP contribution in [-0.4, -0.2) is 28.1 Å². The number of hydrogen-bond donors (Lipinski definition) is 2. The van der Waals surface area contributed by atoms with Crippen LogP contribution in [0.4, 0.5) is 5.69 Å². The number of hydrogen-bond acceptors (Lipinski definition) is 5. The van der Waals surface area contributed by atoms with Gasteiger partial charge in [-0.2, -0.15) is 0 Å². The molecule has 6 nitrogen and oxygen atoms in total. The Hall–Kier alpha value is -2.32. The molecule has 23 heavy (non-hydrogen) atoms. The molecule has 0 aliphatic heterocycles. The molecule has 0 bridgehead atoms. The van der Waals surface area contributed by atoms with Gasteiger partial charge in [-0.05, 0) is 24.4 Å². The Bertz CT molecular complexity index is 698. The van der Waals surface area contributed by atoms with Crippen LogP contribution in [0.2, 0.25) is 0 Å². The van der Waals surface area contributed by atoms with Crippen LogP contribution in [0.15, 0.2) is 42.3 Å². The molecule has 1 aromatic carbocycles. The molecule has 0 saturated heterocycles. The topological polar surface area (TPSA) is 80.1 Å². The number of aromatic nitrogens is 1. The first-order valence-electron chi connectivity index (χ1n) is 6.92. The van der Waals surface area contributed by atoms with Gasteiger partial charge in [0.2, 0.25) is 0 Å². The average Bonchev–Trinajstić information content (AvgIpc) is 3.02. The highest BCUT2D eigenvalue weighted by molar-refractivity contribution is 7.80. The lowest BCUT2D eigenvalue weighted by molar-refractivity contribution is -0.384. The summed E-state index contributed by atoms with van der Waals surface area (Å²) in [4.78, 5) is 14.8. The van der Waals surface area contributed by atoms with Crippen LogP contribution in [0.5, 0.6) is 0 Å². The molecular weight excluding hydrogens is 332 g/mol. The lowest BCUT2D eigenvalue weighted by Crippen LogP contribution is -2.36. The van der Waals surface area contributed by atoms with Gasteiger partial charge in [-0.15, -0.1) is 17.9 Å². The fourth-order valence-electron chi connectivity index (χ4n) is 1.82. The number of nitrogens with one attached hydrogen (secondary N) is 2. The SMILES string of the molecule is C=CCNC(=S)NCCc1nc(-c2ccc([N+](=O)[O-])cc2)cs1. The molecule has 0 aliphatic carbocycles.